The van der Waals surface area contributed by atoms with Crippen LogP contribution in [0.3, 0.4) is 0 Å². The number of nitrogens with two attached hydrogens (primary N) is 2. The second-order valence-electron chi connectivity index (χ2n) is 6.14. The van der Waals surface area contributed by atoms with Crippen LogP contribution in [-0.4, -0.2) is 43.7 Å². The lowest BCUT2D eigenvalue weighted by atomic mass is 10.2. The molecule has 0 aliphatic heterocycles. The molecule has 0 amide bonds. The highest BCUT2D eigenvalue weighted by atomic mass is 15.2. The van der Waals surface area contributed by atoms with Crippen LogP contribution in [0.15, 0.2) is 30.6 Å². The molecule has 0 aliphatic carbocycles. The van der Waals surface area contributed by atoms with Crippen molar-refractivity contribution in [2.75, 3.05) is 50.6 Å². The maximum Gasteiger partial charge on any atom is 0.354 e. The molecular formula is C17H31N6+. The Balaban J connectivity index is 0.000000277. The summed E-state index contributed by atoms with van der Waals surface area (Å²) in [4.78, 5) is 4.42. The van der Waals surface area contributed by atoms with Crippen LogP contribution < -0.4 is 20.9 Å². The zero-order valence-electron chi connectivity index (χ0n) is 15.2. The van der Waals surface area contributed by atoms with Gasteiger partial charge in [0.15, 0.2) is 0 Å². The third kappa shape index (κ3) is 5.83. The highest BCUT2D eigenvalue weighted by Gasteiger charge is 2.03. The van der Waals surface area contributed by atoms with Crippen LogP contribution in [-0.2, 0) is 14.1 Å². The van der Waals surface area contributed by atoms with E-state index in [1.165, 1.54) is 5.69 Å². The quantitative estimate of drug-likeness (QED) is 0.652. The van der Waals surface area contributed by atoms with Crippen molar-refractivity contribution in [2.24, 2.45) is 14.1 Å². The molecule has 1 heterocycles. The third-order valence-corrected chi connectivity index (χ3v) is 3.81. The van der Waals surface area contributed by atoms with E-state index in [4.69, 9.17) is 11.5 Å². The summed E-state index contributed by atoms with van der Waals surface area (Å²) in [6.45, 7) is 4.12. The highest BCUT2D eigenvalue weighted by Crippen LogP contribution is 2.19. The van der Waals surface area contributed by atoms with Gasteiger partial charge in [0.05, 0.1) is 26.5 Å². The molecule has 0 unspecified atom stereocenters. The monoisotopic (exact) mass is 319 g/mol. The number of nitrogens with zero attached hydrogens (tertiary/aromatic N) is 4. The molecule has 0 saturated carbocycles. The van der Waals surface area contributed by atoms with Crippen molar-refractivity contribution in [3.63, 3.8) is 0 Å². The minimum atomic E-state index is 0.769. The molecule has 128 valence electrons. The number of likely N-dealkylation sites (N-methyl/N-ethyl adjacent to an activating group) is 2. The average Bonchev–Trinajstić information content (AvgIpc) is 2.79. The Hall–Kier alpha value is -2.21. The summed E-state index contributed by atoms with van der Waals surface area (Å²) >= 11 is 0. The van der Waals surface area contributed by atoms with Crippen molar-refractivity contribution in [2.45, 2.75) is 6.92 Å². The number of benzene rings is 1. The van der Waals surface area contributed by atoms with Gasteiger partial charge in [-0.1, -0.05) is 0 Å². The van der Waals surface area contributed by atoms with Crippen molar-refractivity contribution in [3.05, 3.63) is 36.2 Å². The van der Waals surface area contributed by atoms with Gasteiger partial charge in [-0.25, -0.2) is 9.13 Å². The average molecular weight is 319 g/mol. The van der Waals surface area contributed by atoms with Crippen LogP contribution in [0, 0.1) is 6.92 Å². The van der Waals surface area contributed by atoms with E-state index in [0.29, 0.717) is 0 Å². The fraction of sp³-hybridized carbons (Fsp3) is 0.471. The van der Waals surface area contributed by atoms with E-state index < -0.39 is 0 Å². The molecular weight excluding hydrogens is 288 g/mol. The van der Waals surface area contributed by atoms with Crippen LogP contribution in [0.25, 0.3) is 0 Å². The van der Waals surface area contributed by atoms with Crippen molar-refractivity contribution in [1.82, 2.24) is 9.47 Å². The molecule has 23 heavy (non-hydrogen) atoms. The maximum absolute atomic E-state index is 5.78. The van der Waals surface area contributed by atoms with Gasteiger partial charge in [0.25, 0.3) is 0 Å². The Morgan fingerprint density at radius 1 is 1.13 bits per heavy atom. The standard InChI is InChI=1S/C12H21N3.C5H9N3/c1-10-9-11(5-6-12(10)13)15(4)8-7-14(2)3;1-7-3-4-8(2)5(7)6/h5-6,9H,7-8,13H2,1-4H3;3-4,6H,1-2H3/p+1. The van der Waals surface area contributed by atoms with E-state index in [9.17, 15) is 0 Å². The third-order valence-electron chi connectivity index (χ3n) is 3.81. The lowest BCUT2D eigenvalue weighted by Crippen LogP contribution is -2.29. The Morgan fingerprint density at radius 3 is 2.17 bits per heavy atom. The number of anilines is 3. The first-order chi connectivity index (χ1) is 10.7. The van der Waals surface area contributed by atoms with Gasteiger partial charge in [0.2, 0.25) is 0 Å². The van der Waals surface area contributed by atoms with Gasteiger partial charge in [0, 0.05) is 31.5 Å². The van der Waals surface area contributed by atoms with E-state index in [-0.39, 0.29) is 0 Å². The van der Waals surface area contributed by atoms with E-state index in [1.54, 1.807) is 0 Å². The first kappa shape index (κ1) is 18.8. The first-order valence-corrected chi connectivity index (χ1v) is 7.70. The lowest BCUT2D eigenvalue weighted by molar-refractivity contribution is -0.655. The van der Waals surface area contributed by atoms with Crippen molar-refractivity contribution >= 4 is 17.3 Å². The molecule has 1 aromatic carbocycles. The molecule has 0 atom stereocenters. The lowest BCUT2D eigenvalue weighted by Gasteiger charge is -2.22. The van der Waals surface area contributed by atoms with Crippen molar-refractivity contribution in [3.8, 4) is 0 Å². The molecule has 0 spiro atoms. The summed E-state index contributed by atoms with van der Waals surface area (Å²) in [6.07, 6.45) is 3.82. The van der Waals surface area contributed by atoms with Gasteiger partial charge in [-0.3, -0.25) is 5.73 Å². The predicted molar refractivity (Wildman–Crippen MR) is 98.4 cm³/mol. The van der Waals surface area contributed by atoms with Crippen LogP contribution in [0.2, 0.25) is 0 Å². The maximum atomic E-state index is 5.78. The van der Waals surface area contributed by atoms with Crippen molar-refractivity contribution < 1.29 is 4.57 Å². The number of aromatic nitrogens is 2. The number of nitrogen functional groups attached to an aromatic ring is 2. The number of aryl methyl sites for hydroxylation is 3. The normalized spacial score (nSPS) is 10.4. The van der Waals surface area contributed by atoms with Gasteiger partial charge >= 0.3 is 5.95 Å². The molecule has 1 aromatic heterocycles. The van der Waals surface area contributed by atoms with Crippen LogP contribution in [0.4, 0.5) is 17.3 Å². The van der Waals surface area contributed by atoms with Gasteiger partial charge in [-0.05, 0) is 44.8 Å². The minimum absolute atomic E-state index is 0.769. The molecule has 6 nitrogen and oxygen atoms in total. The number of imidazole rings is 1. The zero-order valence-corrected chi connectivity index (χ0v) is 15.2. The Morgan fingerprint density at radius 2 is 1.78 bits per heavy atom. The Bertz CT molecular complexity index is 598. The van der Waals surface area contributed by atoms with Gasteiger partial charge < -0.3 is 15.5 Å². The van der Waals surface area contributed by atoms with Gasteiger partial charge in [0.1, 0.15) is 0 Å². The molecule has 0 fully saturated rings. The topological polar surface area (TPSA) is 67.3 Å². The Labute approximate surface area is 139 Å². The highest BCUT2D eigenvalue weighted by molar-refractivity contribution is 5.57. The van der Waals surface area contributed by atoms with Gasteiger partial charge in [-0.2, -0.15) is 0 Å². The molecule has 6 heteroatoms. The predicted octanol–water partition coefficient (Wildman–Crippen LogP) is 1.01. The number of hydrogen-bond acceptors (Lipinski definition) is 4. The molecule has 0 aliphatic rings. The molecule has 0 saturated heterocycles. The van der Waals surface area contributed by atoms with E-state index in [2.05, 4.69) is 43.1 Å². The summed E-state index contributed by atoms with van der Waals surface area (Å²) in [5, 5.41) is 0. The summed E-state index contributed by atoms with van der Waals surface area (Å²) in [5.74, 6) is 0.769. The van der Waals surface area contributed by atoms with Gasteiger partial charge in [-0.15, -0.1) is 0 Å². The van der Waals surface area contributed by atoms with E-state index in [0.717, 1.165) is 30.3 Å². The fourth-order valence-electron chi connectivity index (χ4n) is 1.98. The van der Waals surface area contributed by atoms with Crippen molar-refractivity contribution in [1.29, 1.82) is 0 Å². The molecule has 2 rings (SSSR count). The molecule has 4 N–H and O–H groups in total. The molecule has 2 aromatic rings. The summed E-state index contributed by atoms with van der Waals surface area (Å²) in [7, 11) is 10.1. The number of rotatable bonds is 4. The van der Waals surface area contributed by atoms with Crippen LogP contribution in [0.5, 0.6) is 0 Å². The smallest absolute Gasteiger partial charge is 0.354 e. The fourth-order valence-corrected chi connectivity index (χ4v) is 1.98. The second kappa shape index (κ2) is 8.43. The summed E-state index contributed by atoms with van der Waals surface area (Å²) in [6, 6.07) is 6.17. The molecule has 0 radical (unpaired) electrons. The number of hydrogen-bond donors (Lipinski definition) is 2. The summed E-state index contributed by atoms with van der Waals surface area (Å²) < 4.78 is 3.72. The first-order valence-electron chi connectivity index (χ1n) is 7.70. The largest absolute Gasteiger partial charge is 0.399 e. The zero-order chi connectivity index (χ0) is 17.6. The Kier molecular flexibility index (Phi) is 6.90. The van der Waals surface area contributed by atoms with Crippen LogP contribution >= 0.6 is 0 Å². The van der Waals surface area contributed by atoms with Crippen LogP contribution in [0.1, 0.15) is 5.56 Å². The molecule has 0 bridgehead atoms. The summed E-state index contributed by atoms with van der Waals surface area (Å²) in [5.41, 5.74) is 14.5. The van der Waals surface area contributed by atoms with E-state index in [1.807, 2.05) is 48.6 Å². The SMILES string of the molecule is Cc1cc(N(C)CCN(C)C)ccc1N.Cn1cc[n+](C)c1N. The second-order valence-corrected chi connectivity index (χ2v) is 6.14. The minimum Gasteiger partial charge on any atom is -0.399 e. The van der Waals surface area contributed by atoms with E-state index >= 15 is 0 Å².